The van der Waals surface area contributed by atoms with Crippen molar-refractivity contribution in [2.24, 2.45) is 0 Å². The number of hydrogen-bond acceptors (Lipinski definition) is 5. The third kappa shape index (κ3) is 4.08. The molecule has 0 spiro atoms. The topological polar surface area (TPSA) is 84.9 Å². The van der Waals surface area contributed by atoms with Crippen LogP contribution in [0.25, 0.3) is 0 Å². The summed E-state index contributed by atoms with van der Waals surface area (Å²) in [5, 5.41) is 2.80. The van der Waals surface area contributed by atoms with Gasteiger partial charge in [0, 0.05) is 11.8 Å². The average molecular weight is 376 g/mol. The maximum atomic E-state index is 12.2. The second-order valence-corrected chi connectivity index (χ2v) is 7.85. The molecular formula is C18H20N2O5S. The molecule has 0 aliphatic carbocycles. The van der Waals surface area contributed by atoms with E-state index in [0.29, 0.717) is 17.1 Å². The zero-order chi connectivity index (χ0) is 18.7. The molecule has 138 valence electrons. The highest BCUT2D eigenvalue weighted by molar-refractivity contribution is 7.92. The molecule has 26 heavy (non-hydrogen) atoms. The van der Waals surface area contributed by atoms with Gasteiger partial charge >= 0.3 is 0 Å². The highest BCUT2D eigenvalue weighted by atomic mass is 32.2. The number of amides is 1. The Morgan fingerprint density at radius 1 is 1.23 bits per heavy atom. The van der Waals surface area contributed by atoms with E-state index < -0.39 is 10.0 Å². The maximum absolute atomic E-state index is 12.2. The molecule has 8 heteroatoms. The van der Waals surface area contributed by atoms with Crippen LogP contribution in [0.3, 0.4) is 0 Å². The van der Waals surface area contributed by atoms with Crippen LogP contribution in [0.1, 0.15) is 5.56 Å². The summed E-state index contributed by atoms with van der Waals surface area (Å²) in [5.41, 5.74) is 1.89. The van der Waals surface area contributed by atoms with E-state index in [-0.39, 0.29) is 25.5 Å². The fourth-order valence-corrected chi connectivity index (χ4v) is 3.67. The summed E-state index contributed by atoms with van der Waals surface area (Å²) in [7, 11) is -1.78. The largest absolute Gasteiger partial charge is 0.497 e. The number of fused-ring (bicyclic) bond motifs is 1. The van der Waals surface area contributed by atoms with Crippen molar-refractivity contribution in [1.82, 2.24) is 0 Å². The van der Waals surface area contributed by atoms with Gasteiger partial charge in [0.25, 0.3) is 0 Å². The molecule has 0 fully saturated rings. The van der Waals surface area contributed by atoms with E-state index in [1.165, 1.54) is 4.31 Å². The van der Waals surface area contributed by atoms with Crippen LogP contribution in [0.4, 0.5) is 11.4 Å². The summed E-state index contributed by atoms with van der Waals surface area (Å²) >= 11 is 0. The third-order valence-electron chi connectivity index (χ3n) is 3.99. The van der Waals surface area contributed by atoms with Gasteiger partial charge in [-0.1, -0.05) is 12.1 Å². The quantitative estimate of drug-likeness (QED) is 0.863. The SMILES string of the molecule is COc1ccc(CC(=O)Nc2ccc3c(c2)OCCN3S(C)(=O)=O)cc1. The minimum absolute atomic E-state index is 0.175. The van der Waals surface area contributed by atoms with Crippen LogP contribution in [-0.4, -0.2) is 40.8 Å². The summed E-state index contributed by atoms with van der Waals surface area (Å²) in [6.45, 7) is 0.540. The van der Waals surface area contributed by atoms with Gasteiger partial charge in [0.2, 0.25) is 15.9 Å². The second-order valence-electron chi connectivity index (χ2n) is 5.94. The summed E-state index contributed by atoms with van der Waals surface area (Å²) in [5.74, 6) is 0.992. The van der Waals surface area contributed by atoms with Crippen molar-refractivity contribution in [2.45, 2.75) is 6.42 Å². The summed E-state index contributed by atoms with van der Waals surface area (Å²) < 4.78 is 35.6. The van der Waals surface area contributed by atoms with Gasteiger partial charge in [-0.05, 0) is 29.8 Å². The molecule has 0 saturated carbocycles. The summed E-state index contributed by atoms with van der Waals surface area (Å²) in [6, 6.07) is 12.2. The van der Waals surface area contributed by atoms with Crippen LogP contribution < -0.4 is 19.1 Å². The number of ether oxygens (including phenoxy) is 2. The van der Waals surface area contributed by atoms with Crippen molar-refractivity contribution in [2.75, 3.05) is 36.1 Å². The van der Waals surface area contributed by atoms with Gasteiger partial charge in [0.15, 0.2) is 0 Å². The fourth-order valence-electron chi connectivity index (χ4n) is 2.75. The Morgan fingerprint density at radius 2 is 1.96 bits per heavy atom. The number of carbonyl (C=O) groups is 1. The van der Waals surface area contributed by atoms with Crippen molar-refractivity contribution in [1.29, 1.82) is 0 Å². The number of nitrogens with zero attached hydrogens (tertiary/aromatic N) is 1. The first-order chi connectivity index (χ1) is 12.4. The third-order valence-corrected chi connectivity index (χ3v) is 5.17. The molecule has 0 saturated heterocycles. The Balaban J connectivity index is 1.71. The van der Waals surface area contributed by atoms with Crippen LogP contribution in [-0.2, 0) is 21.2 Å². The van der Waals surface area contributed by atoms with Crippen LogP contribution >= 0.6 is 0 Å². The number of hydrogen-bond donors (Lipinski definition) is 1. The van der Waals surface area contributed by atoms with Gasteiger partial charge < -0.3 is 14.8 Å². The van der Waals surface area contributed by atoms with E-state index in [1.54, 1.807) is 37.4 Å². The minimum atomic E-state index is -3.37. The second kappa shape index (κ2) is 7.25. The normalized spacial score (nSPS) is 13.5. The van der Waals surface area contributed by atoms with Gasteiger partial charge in [-0.2, -0.15) is 0 Å². The van der Waals surface area contributed by atoms with E-state index in [0.717, 1.165) is 17.6 Å². The molecule has 1 heterocycles. The summed E-state index contributed by atoms with van der Waals surface area (Å²) in [6.07, 6.45) is 1.38. The lowest BCUT2D eigenvalue weighted by molar-refractivity contribution is -0.115. The first-order valence-electron chi connectivity index (χ1n) is 8.04. The van der Waals surface area contributed by atoms with Gasteiger partial charge in [-0.15, -0.1) is 0 Å². The van der Waals surface area contributed by atoms with E-state index >= 15 is 0 Å². The monoisotopic (exact) mass is 376 g/mol. The standard InChI is InChI=1S/C18H20N2O5S/c1-24-15-6-3-13(4-7-15)11-18(21)19-14-5-8-16-17(12-14)25-10-9-20(16)26(2,22)23/h3-8,12H,9-11H2,1-2H3,(H,19,21). The van der Waals surface area contributed by atoms with Crippen LogP contribution in [0.15, 0.2) is 42.5 Å². The first kappa shape index (κ1) is 18.1. The molecule has 3 rings (SSSR count). The first-order valence-corrected chi connectivity index (χ1v) is 9.89. The molecule has 7 nitrogen and oxygen atoms in total. The predicted octanol–water partition coefficient (Wildman–Crippen LogP) is 2.03. The van der Waals surface area contributed by atoms with E-state index in [9.17, 15) is 13.2 Å². The number of sulfonamides is 1. The maximum Gasteiger partial charge on any atom is 0.232 e. The predicted molar refractivity (Wildman–Crippen MR) is 99.5 cm³/mol. The van der Waals surface area contributed by atoms with Crippen molar-refractivity contribution < 1.29 is 22.7 Å². The van der Waals surface area contributed by atoms with Crippen LogP contribution in [0.2, 0.25) is 0 Å². The van der Waals surface area contributed by atoms with Gasteiger partial charge in [0.05, 0.1) is 32.0 Å². The van der Waals surface area contributed by atoms with E-state index in [2.05, 4.69) is 5.32 Å². The lowest BCUT2D eigenvalue weighted by Gasteiger charge is -2.29. The molecule has 1 aliphatic rings. The lowest BCUT2D eigenvalue weighted by Crippen LogP contribution is -2.37. The number of carbonyl (C=O) groups excluding carboxylic acids is 1. The Labute approximate surface area is 152 Å². The Morgan fingerprint density at radius 3 is 2.62 bits per heavy atom. The molecule has 1 aliphatic heterocycles. The zero-order valence-corrected chi connectivity index (χ0v) is 15.4. The smallest absolute Gasteiger partial charge is 0.232 e. The van der Waals surface area contributed by atoms with E-state index in [1.807, 2.05) is 12.1 Å². The molecule has 0 unspecified atom stereocenters. The summed E-state index contributed by atoms with van der Waals surface area (Å²) in [4.78, 5) is 12.2. The molecule has 1 amide bonds. The van der Waals surface area contributed by atoms with E-state index in [4.69, 9.17) is 9.47 Å². The van der Waals surface area contributed by atoms with Crippen LogP contribution in [0.5, 0.6) is 11.5 Å². The van der Waals surface area contributed by atoms with Gasteiger partial charge in [0.1, 0.15) is 18.1 Å². The molecule has 1 N–H and O–H groups in total. The molecule has 0 atom stereocenters. The Bertz CT molecular complexity index is 910. The molecule has 2 aromatic carbocycles. The number of anilines is 2. The average Bonchev–Trinajstić information content (AvgIpc) is 2.60. The van der Waals surface area contributed by atoms with Crippen molar-refractivity contribution in [3.63, 3.8) is 0 Å². The molecule has 2 aromatic rings. The Kier molecular flexibility index (Phi) is 5.03. The number of rotatable bonds is 5. The highest BCUT2D eigenvalue weighted by Gasteiger charge is 2.25. The fraction of sp³-hybridized carbons (Fsp3) is 0.278. The number of nitrogens with one attached hydrogen (secondary N) is 1. The molecule has 0 radical (unpaired) electrons. The van der Waals surface area contributed by atoms with Crippen LogP contribution in [0, 0.1) is 0 Å². The number of methoxy groups -OCH3 is 1. The van der Waals surface area contributed by atoms with Gasteiger partial charge in [-0.3, -0.25) is 9.10 Å². The zero-order valence-electron chi connectivity index (χ0n) is 14.6. The van der Waals surface area contributed by atoms with Crippen molar-refractivity contribution in [3.05, 3.63) is 48.0 Å². The Hall–Kier alpha value is -2.74. The lowest BCUT2D eigenvalue weighted by atomic mass is 10.1. The number of benzene rings is 2. The minimum Gasteiger partial charge on any atom is -0.497 e. The molecular weight excluding hydrogens is 356 g/mol. The van der Waals surface area contributed by atoms with Gasteiger partial charge in [-0.25, -0.2) is 8.42 Å². The molecule has 0 bridgehead atoms. The highest BCUT2D eigenvalue weighted by Crippen LogP contribution is 2.35. The molecule has 0 aromatic heterocycles. The van der Waals surface area contributed by atoms with Crippen molar-refractivity contribution in [3.8, 4) is 11.5 Å². The van der Waals surface area contributed by atoms with Crippen molar-refractivity contribution >= 4 is 27.3 Å².